The predicted molar refractivity (Wildman–Crippen MR) is 135 cm³/mol. The molecule has 3 aromatic carbocycles. The molecule has 1 aliphatic heterocycles. The molecular weight excluding hydrogens is 570 g/mol. The number of non-ortho nitro benzene ring substituents is 1. The number of nitro benzene ring substituents is 1. The van der Waals surface area contributed by atoms with Gasteiger partial charge in [-0.2, -0.15) is 0 Å². The zero-order valence-electron chi connectivity index (χ0n) is 18.4. The van der Waals surface area contributed by atoms with Crippen molar-refractivity contribution in [2.75, 3.05) is 6.61 Å². The van der Waals surface area contributed by atoms with Crippen molar-refractivity contribution in [2.24, 2.45) is 4.99 Å². The number of halogens is 2. The van der Waals surface area contributed by atoms with Crippen molar-refractivity contribution in [1.29, 1.82) is 0 Å². The highest BCUT2D eigenvalue weighted by Gasteiger charge is 2.25. The van der Waals surface area contributed by atoms with Crippen LogP contribution in [-0.2, 0) is 16.1 Å². The van der Waals surface area contributed by atoms with E-state index in [-0.39, 0.29) is 23.9 Å². The van der Waals surface area contributed by atoms with E-state index in [1.54, 1.807) is 36.4 Å². The van der Waals surface area contributed by atoms with Crippen molar-refractivity contribution in [3.8, 4) is 11.5 Å². The molecule has 1 heterocycles. The van der Waals surface area contributed by atoms with Gasteiger partial charge < -0.3 is 14.2 Å². The second-order valence-corrected chi connectivity index (χ2v) is 8.49. The summed E-state index contributed by atoms with van der Waals surface area (Å²) in [5.41, 5.74) is 1.66. The van der Waals surface area contributed by atoms with E-state index in [9.17, 15) is 19.3 Å². The molecule has 4 rings (SSSR count). The fourth-order valence-corrected chi connectivity index (χ4v) is 4.08. The first-order chi connectivity index (χ1) is 16.8. The summed E-state index contributed by atoms with van der Waals surface area (Å²) in [5, 5.41) is 11.0. The van der Waals surface area contributed by atoms with Gasteiger partial charge in [-0.3, -0.25) is 10.1 Å². The number of ether oxygens (including phenoxy) is 3. The van der Waals surface area contributed by atoms with Crippen LogP contribution in [0.25, 0.3) is 6.08 Å². The summed E-state index contributed by atoms with van der Waals surface area (Å²) in [4.78, 5) is 27.1. The SMILES string of the molecule is CCOc1cc(/C=C2\N=C(c3cccc(F)c3)OC2=O)cc(I)c1OCc1cccc([N+](=O)[O-])c1. The lowest BCUT2D eigenvalue weighted by Gasteiger charge is -2.15. The lowest BCUT2D eigenvalue weighted by Crippen LogP contribution is -2.05. The maximum Gasteiger partial charge on any atom is 0.363 e. The summed E-state index contributed by atoms with van der Waals surface area (Å²) in [6.45, 7) is 2.30. The molecule has 0 saturated heterocycles. The first-order valence-electron chi connectivity index (χ1n) is 10.4. The average molecular weight is 588 g/mol. The number of carbonyl (C=O) groups is 1. The molecule has 0 fully saturated rings. The van der Waals surface area contributed by atoms with Crippen LogP contribution >= 0.6 is 22.6 Å². The molecule has 0 unspecified atom stereocenters. The number of nitrogens with zero attached hydrogens (tertiary/aromatic N) is 2. The molecule has 0 atom stereocenters. The van der Waals surface area contributed by atoms with Gasteiger partial charge >= 0.3 is 5.97 Å². The average Bonchev–Trinajstić information content (AvgIpc) is 3.19. The number of hydrogen-bond donors (Lipinski definition) is 0. The normalized spacial score (nSPS) is 14.0. The fraction of sp³-hybridized carbons (Fsp3) is 0.120. The molecule has 0 N–H and O–H groups in total. The van der Waals surface area contributed by atoms with Crippen molar-refractivity contribution in [2.45, 2.75) is 13.5 Å². The first-order valence-corrected chi connectivity index (χ1v) is 11.5. The highest BCUT2D eigenvalue weighted by molar-refractivity contribution is 14.1. The Morgan fingerprint density at radius 3 is 2.69 bits per heavy atom. The minimum atomic E-state index is -0.650. The Hall–Kier alpha value is -3.80. The zero-order valence-corrected chi connectivity index (χ0v) is 20.5. The topological polar surface area (TPSA) is 100 Å². The number of aliphatic imine (C=N–C) groups is 1. The van der Waals surface area contributed by atoms with Gasteiger partial charge in [0.1, 0.15) is 12.4 Å². The van der Waals surface area contributed by atoms with E-state index in [2.05, 4.69) is 27.6 Å². The number of cyclic esters (lactones) is 1. The van der Waals surface area contributed by atoms with Gasteiger partial charge in [0.05, 0.1) is 15.1 Å². The van der Waals surface area contributed by atoms with Gasteiger partial charge in [0.15, 0.2) is 17.2 Å². The van der Waals surface area contributed by atoms with Gasteiger partial charge in [0.2, 0.25) is 5.90 Å². The smallest absolute Gasteiger partial charge is 0.363 e. The number of benzene rings is 3. The monoisotopic (exact) mass is 588 g/mol. The van der Waals surface area contributed by atoms with Crippen molar-refractivity contribution in [3.05, 3.63) is 103 Å². The number of rotatable bonds is 8. The van der Waals surface area contributed by atoms with E-state index in [0.717, 1.165) is 0 Å². The molecule has 0 spiro atoms. The molecule has 178 valence electrons. The van der Waals surface area contributed by atoms with E-state index in [1.807, 2.05) is 6.92 Å². The number of esters is 1. The molecule has 0 saturated carbocycles. The van der Waals surface area contributed by atoms with Gasteiger partial charge in [-0.1, -0.05) is 18.2 Å². The second kappa shape index (κ2) is 10.6. The molecular formula is C25H18FIN2O6. The third-order valence-electron chi connectivity index (χ3n) is 4.83. The number of carbonyl (C=O) groups excluding carboxylic acids is 1. The molecule has 35 heavy (non-hydrogen) atoms. The molecule has 0 radical (unpaired) electrons. The third kappa shape index (κ3) is 5.83. The summed E-state index contributed by atoms with van der Waals surface area (Å²) in [7, 11) is 0. The number of nitro groups is 1. The van der Waals surface area contributed by atoms with Crippen LogP contribution in [0.5, 0.6) is 11.5 Å². The highest BCUT2D eigenvalue weighted by atomic mass is 127. The molecule has 3 aromatic rings. The minimum Gasteiger partial charge on any atom is -0.490 e. The highest BCUT2D eigenvalue weighted by Crippen LogP contribution is 2.36. The van der Waals surface area contributed by atoms with E-state index < -0.39 is 16.7 Å². The molecule has 1 aliphatic rings. The van der Waals surface area contributed by atoms with Gasteiger partial charge in [-0.15, -0.1) is 0 Å². The Balaban J connectivity index is 1.60. The molecule has 0 amide bonds. The minimum absolute atomic E-state index is 0.0191. The van der Waals surface area contributed by atoms with Crippen LogP contribution in [-0.4, -0.2) is 23.4 Å². The van der Waals surface area contributed by atoms with Crippen molar-refractivity contribution in [1.82, 2.24) is 0 Å². The van der Waals surface area contributed by atoms with E-state index >= 15 is 0 Å². The Morgan fingerprint density at radius 2 is 1.94 bits per heavy atom. The van der Waals surface area contributed by atoms with Crippen LogP contribution in [0.3, 0.4) is 0 Å². The van der Waals surface area contributed by atoms with Crippen molar-refractivity contribution >= 4 is 46.2 Å². The van der Waals surface area contributed by atoms with Gasteiger partial charge in [0, 0.05) is 17.7 Å². The molecule has 10 heteroatoms. The molecule has 0 aliphatic carbocycles. The predicted octanol–water partition coefficient (Wildman–Crippen LogP) is 5.66. The Bertz CT molecular complexity index is 1370. The lowest BCUT2D eigenvalue weighted by atomic mass is 10.1. The van der Waals surface area contributed by atoms with Gasteiger partial charge in [-0.25, -0.2) is 14.2 Å². The lowest BCUT2D eigenvalue weighted by molar-refractivity contribution is -0.384. The quantitative estimate of drug-likeness (QED) is 0.111. The van der Waals surface area contributed by atoms with Crippen LogP contribution in [0, 0.1) is 19.5 Å². The van der Waals surface area contributed by atoms with Crippen molar-refractivity contribution < 1.29 is 28.3 Å². The second-order valence-electron chi connectivity index (χ2n) is 7.33. The summed E-state index contributed by atoms with van der Waals surface area (Å²) in [6.07, 6.45) is 1.55. The molecule has 8 nitrogen and oxygen atoms in total. The number of hydrogen-bond acceptors (Lipinski definition) is 7. The van der Waals surface area contributed by atoms with Crippen LogP contribution in [0.4, 0.5) is 10.1 Å². The Kier molecular flexibility index (Phi) is 7.39. The summed E-state index contributed by atoms with van der Waals surface area (Å²) in [5.74, 6) is -0.174. The summed E-state index contributed by atoms with van der Waals surface area (Å²) >= 11 is 2.08. The Morgan fingerprint density at radius 1 is 1.14 bits per heavy atom. The standard InChI is InChI=1S/C25H18FIN2O6/c1-2-33-22-12-16(11-21-25(30)35-24(28-21)17-6-4-7-18(26)13-17)10-20(27)23(22)34-14-15-5-3-8-19(9-15)29(31)32/h3-13H,2,14H2,1H3/b21-11-. The molecule has 0 aromatic heterocycles. The Labute approximate surface area is 213 Å². The summed E-state index contributed by atoms with van der Waals surface area (Å²) < 4.78 is 31.1. The van der Waals surface area contributed by atoms with Crippen LogP contribution in [0.15, 0.2) is 71.4 Å². The fourth-order valence-electron chi connectivity index (χ4n) is 3.30. The first kappa shape index (κ1) is 24.3. The van der Waals surface area contributed by atoms with E-state index in [1.165, 1.54) is 30.3 Å². The van der Waals surface area contributed by atoms with Gasteiger partial charge in [-0.05, 0) is 77.0 Å². The third-order valence-corrected chi connectivity index (χ3v) is 5.63. The van der Waals surface area contributed by atoms with Crippen LogP contribution in [0.2, 0.25) is 0 Å². The maximum atomic E-state index is 13.5. The van der Waals surface area contributed by atoms with Gasteiger partial charge in [0.25, 0.3) is 5.69 Å². The van der Waals surface area contributed by atoms with Crippen LogP contribution < -0.4 is 9.47 Å². The summed E-state index contributed by atoms with van der Waals surface area (Å²) in [6, 6.07) is 15.3. The van der Waals surface area contributed by atoms with E-state index in [0.29, 0.717) is 38.4 Å². The van der Waals surface area contributed by atoms with Crippen molar-refractivity contribution in [3.63, 3.8) is 0 Å². The molecule has 0 bridgehead atoms. The largest absolute Gasteiger partial charge is 0.490 e. The maximum absolute atomic E-state index is 13.5. The zero-order chi connectivity index (χ0) is 24.9. The van der Waals surface area contributed by atoms with Crippen LogP contribution in [0.1, 0.15) is 23.6 Å². The van der Waals surface area contributed by atoms with E-state index in [4.69, 9.17) is 14.2 Å².